The SMILES string of the molecule is COC(=O)/C=C/c1cccc(OB(O)O)c1. The van der Waals surface area contributed by atoms with Crippen molar-refractivity contribution in [2.45, 2.75) is 0 Å². The van der Waals surface area contributed by atoms with Crippen LogP contribution in [0.3, 0.4) is 0 Å². The summed E-state index contributed by atoms with van der Waals surface area (Å²) in [5.41, 5.74) is 0.684. The highest BCUT2D eigenvalue weighted by molar-refractivity contribution is 6.33. The van der Waals surface area contributed by atoms with Gasteiger partial charge >= 0.3 is 13.3 Å². The largest absolute Gasteiger partial charge is 0.707 e. The van der Waals surface area contributed by atoms with Crippen molar-refractivity contribution in [1.82, 2.24) is 0 Å². The van der Waals surface area contributed by atoms with Gasteiger partial charge in [0.15, 0.2) is 0 Å². The predicted molar refractivity (Wildman–Crippen MR) is 58.3 cm³/mol. The van der Waals surface area contributed by atoms with Gasteiger partial charge in [0.05, 0.1) is 7.11 Å². The van der Waals surface area contributed by atoms with Crippen molar-refractivity contribution in [3.05, 3.63) is 35.9 Å². The molecule has 0 saturated carbocycles. The zero-order chi connectivity index (χ0) is 12.0. The van der Waals surface area contributed by atoms with Gasteiger partial charge in [-0.2, -0.15) is 0 Å². The minimum Gasteiger partial charge on any atom is -0.512 e. The second-order valence-corrected chi connectivity index (χ2v) is 2.87. The minimum atomic E-state index is -1.86. The maximum Gasteiger partial charge on any atom is 0.707 e. The van der Waals surface area contributed by atoms with Gasteiger partial charge in [0.1, 0.15) is 5.75 Å². The Kier molecular flexibility index (Phi) is 4.56. The molecule has 1 rings (SSSR count). The van der Waals surface area contributed by atoms with Gasteiger partial charge < -0.3 is 19.4 Å². The fraction of sp³-hybridized carbons (Fsp3) is 0.100. The molecule has 0 aliphatic carbocycles. The maximum atomic E-state index is 10.8. The smallest absolute Gasteiger partial charge is 0.512 e. The van der Waals surface area contributed by atoms with Crippen LogP contribution < -0.4 is 4.65 Å². The number of esters is 1. The van der Waals surface area contributed by atoms with Crippen molar-refractivity contribution >= 4 is 19.4 Å². The number of carbonyl (C=O) groups excluding carboxylic acids is 1. The lowest BCUT2D eigenvalue weighted by molar-refractivity contribution is -0.134. The zero-order valence-corrected chi connectivity index (χ0v) is 8.66. The molecule has 0 radical (unpaired) electrons. The van der Waals surface area contributed by atoms with Crippen molar-refractivity contribution in [1.29, 1.82) is 0 Å². The first-order chi connectivity index (χ1) is 7.61. The predicted octanol–water partition coefficient (Wildman–Crippen LogP) is 0.221. The van der Waals surface area contributed by atoms with Crippen LogP contribution in [0.4, 0.5) is 0 Å². The van der Waals surface area contributed by atoms with Crippen molar-refractivity contribution in [3.8, 4) is 5.75 Å². The average molecular weight is 222 g/mol. The first-order valence-electron chi connectivity index (χ1n) is 4.50. The monoisotopic (exact) mass is 222 g/mol. The Bertz CT molecular complexity index is 389. The number of benzene rings is 1. The van der Waals surface area contributed by atoms with E-state index in [0.717, 1.165) is 0 Å². The standard InChI is InChI=1S/C10H11BO5/c1-15-10(12)6-5-8-3-2-4-9(7-8)16-11(13)14/h2-7,13-14H,1H3/b6-5+. The average Bonchev–Trinajstić information content (AvgIpc) is 2.25. The molecule has 0 spiro atoms. The highest BCUT2D eigenvalue weighted by atomic mass is 16.6. The summed E-state index contributed by atoms with van der Waals surface area (Å²) in [5, 5.41) is 17.2. The molecule has 0 bridgehead atoms. The van der Waals surface area contributed by atoms with E-state index in [1.807, 2.05) is 0 Å². The van der Waals surface area contributed by atoms with Crippen LogP contribution in [-0.4, -0.2) is 30.4 Å². The van der Waals surface area contributed by atoms with Gasteiger partial charge in [-0.3, -0.25) is 0 Å². The molecule has 1 aromatic rings. The second-order valence-electron chi connectivity index (χ2n) is 2.87. The molecule has 1 aromatic carbocycles. The van der Waals surface area contributed by atoms with E-state index < -0.39 is 13.3 Å². The van der Waals surface area contributed by atoms with Crippen LogP contribution in [0.15, 0.2) is 30.3 Å². The van der Waals surface area contributed by atoms with Gasteiger partial charge in [-0.25, -0.2) is 4.79 Å². The van der Waals surface area contributed by atoms with Crippen LogP contribution in [0.1, 0.15) is 5.56 Å². The van der Waals surface area contributed by atoms with Crippen LogP contribution >= 0.6 is 0 Å². The summed E-state index contributed by atoms with van der Waals surface area (Å²) in [5.74, 6) is -0.171. The van der Waals surface area contributed by atoms with Crippen molar-refractivity contribution in [2.24, 2.45) is 0 Å². The summed E-state index contributed by atoms with van der Waals surface area (Å²) < 4.78 is 9.08. The van der Waals surface area contributed by atoms with E-state index in [1.165, 1.54) is 19.3 Å². The van der Waals surface area contributed by atoms with Crippen molar-refractivity contribution in [2.75, 3.05) is 7.11 Å². The molecule has 0 aromatic heterocycles. The lowest BCUT2D eigenvalue weighted by Crippen LogP contribution is -2.20. The van der Waals surface area contributed by atoms with Crippen LogP contribution in [-0.2, 0) is 9.53 Å². The van der Waals surface area contributed by atoms with E-state index in [2.05, 4.69) is 9.39 Å². The number of carbonyl (C=O) groups is 1. The molecule has 6 heteroatoms. The fourth-order valence-electron chi connectivity index (χ4n) is 1.05. The fourth-order valence-corrected chi connectivity index (χ4v) is 1.05. The summed E-state index contributed by atoms with van der Waals surface area (Å²) in [4.78, 5) is 10.8. The molecule has 84 valence electrons. The third-order valence-electron chi connectivity index (χ3n) is 1.71. The molecule has 0 heterocycles. The molecule has 5 nitrogen and oxygen atoms in total. The lowest BCUT2D eigenvalue weighted by atomic mass is 10.2. The second kappa shape index (κ2) is 5.94. The quantitative estimate of drug-likeness (QED) is 0.433. The summed E-state index contributed by atoms with van der Waals surface area (Å²) in [6, 6.07) is 6.51. The number of hydrogen-bond acceptors (Lipinski definition) is 5. The van der Waals surface area contributed by atoms with E-state index >= 15 is 0 Å². The van der Waals surface area contributed by atoms with Gasteiger partial charge in [0.2, 0.25) is 0 Å². The Morgan fingerprint density at radius 3 is 2.81 bits per heavy atom. The Morgan fingerprint density at radius 1 is 1.44 bits per heavy atom. The van der Waals surface area contributed by atoms with E-state index in [1.54, 1.807) is 24.3 Å². The molecule has 0 atom stereocenters. The molecule has 0 unspecified atom stereocenters. The van der Waals surface area contributed by atoms with Crippen LogP contribution in [0.5, 0.6) is 5.75 Å². The van der Waals surface area contributed by atoms with E-state index in [4.69, 9.17) is 10.0 Å². The highest BCUT2D eigenvalue weighted by Gasteiger charge is 2.10. The molecular formula is C10H11BO5. The molecule has 0 amide bonds. The summed E-state index contributed by atoms with van der Waals surface area (Å²) in [6.45, 7) is 0. The topological polar surface area (TPSA) is 76.0 Å². The summed E-state index contributed by atoms with van der Waals surface area (Å²) >= 11 is 0. The first kappa shape index (κ1) is 12.3. The van der Waals surface area contributed by atoms with Gasteiger partial charge in [-0.15, -0.1) is 0 Å². The molecule has 2 N–H and O–H groups in total. The summed E-state index contributed by atoms with van der Waals surface area (Å²) in [7, 11) is -0.575. The molecule has 0 aliphatic rings. The number of methoxy groups -OCH3 is 1. The number of rotatable bonds is 4. The third kappa shape index (κ3) is 4.16. The van der Waals surface area contributed by atoms with Crippen molar-refractivity contribution < 1.29 is 24.2 Å². The van der Waals surface area contributed by atoms with Gasteiger partial charge in [-0.1, -0.05) is 12.1 Å². The Balaban J connectivity index is 2.74. The third-order valence-corrected chi connectivity index (χ3v) is 1.71. The lowest BCUT2D eigenvalue weighted by Gasteiger charge is -2.04. The van der Waals surface area contributed by atoms with Crippen molar-refractivity contribution in [3.63, 3.8) is 0 Å². The Morgan fingerprint density at radius 2 is 2.19 bits per heavy atom. The molecule has 0 saturated heterocycles. The summed E-state index contributed by atoms with van der Waals surface area (Å²) in [6.07, 6.45) is 2.79. The van der Waals surface area contributed by atoms with Gasteiger partial charge in [0.25, 0.3) is 0 Å². The molecule has 0 aliphatic heterocycles. The molecule has 16 heavy (non-hydrogen) atoms. The van der Waals surface area contributed by atoms with Crippen LogP contribution in [0.25, 0.3) is 6.08 Å². The van der Waals surface area contributed by atoms with Gasteiger partial charge in [0, 0.05) is 6.08 Å². The zero-order valence-electron chi connectivity index (χ0n) is 8.66. The van der Waals surface area contributed by atoms with Crippen LogP contribution in [0.2, 0.25) is 0 Å². The van der Waals surface area contributed by atoms with E-state index in [0.29, 0.717) is 11.3 Å². The van der Waals surface area contributed by atoms with Crippen LogP contribution in [0, 0.1) is 0 Å². The Hall–Kier alpha value is -1.79. The maximum absolute atomic E-state index is 10.8. The number of ether oxygens (including phenoxy) is 1. The van der Waals surface area contributed by atoms with E-state index in [-0.39, 0.29) is 0 Å². The minimum absolute atomic E-state index is 0.294. The molecular weight excluding hydrogens is 211 g/mol. The highest BCUT2D eigenvalue weighted by Crippen LogP contribution is 2.14. The van der Waals surface area contributed by atoms with E-state index in [9.17, 15) is 4.79 Å². The normalized spacial score (nSPS) is 10.2. The Labute approximate surface area is 93.1 Å². The molecule has 0 fully saturated rings. The van der Waals surface area contributed by atoms with Gasteiger partial charge in [-0.05, 0) is 23.8 Å². The first-order valence-corrected chi connectivity index (χ1v) is 4.50. The number of hydrogen-bond donors (Lipinski definition) is 2.